The molecule has 1 aromatic heterocycles. The SMILES string of the molecule is O=C1C(Cl)=C(Nc2ccc(S(=O)(=O)Nc3ccc(Cl)nn3)cc2)C(=O)N1c1cc(Cl)cc(Cl)c1. The van der Waals surface area contributed by atoms with Gasteiger partial charge in [-0.05, 0) is 54.6 Å². The Bertz CT molecular complexity index is 1420. The molecule has 174 valence electrons. The number of benzene rings is 2. The van der Waals surface area contributed by atoms with E-state index in [4.69, 9.17) is 46.4 Å². The summed E-state index contributed by atoms with van der Waals surface area (Å²) in [5, 5.41) is 10.2. The van der Waals surface area contributed by atoms with Crippen molar-refractivity contribution in [3.63, 3.8) is 0 Å². The molecular weight excluding hydrogens is 548 g/mol. The molecule has 2 aromatic carbocycles. The number of hydrogen-bond donors (Lipinski definition) is 2. The van der Waals surface area contributed by atoms with E-state index in [2.05, 4.69) is 20.2 Å². The van der Waals surface area contributed by atoms with Crippen LogP contribution in [-0.4, -0.2) is 30.4 Å². The van der Waals surface area contributed by atoms with E-state index in [0.29, 0.717) is 5.69 Å². The summed E-state index contributed by atoms with van der Waals surface area (Å²) in [6.45, 7) is 0. The number of carbonyl (C=O) groups is 2. The van der Waals surface area contributed by atoms with Crippen LogP contribution in [0.25, 0.3) is 0 Å². The predicted octanol–water partition coefficient (Wildman–Crippen LogP) is 4.67. The van der Waals surface area contributed by atoms with Crippen molar-refractivity contribution in [2.24, 2.45) is 0 Å². The lowest BCUT2D eigenvalue weighted by Gasteiger charge is -2.16. The number of nitrogens with zero attached hydrogens (tertiary/aromatic N) is 3. The fourth-order valence-electron chi connectivity index (χ4n) is 2.94. The molecule has 0 saturated heterocycles. The molecule has 34 heavy (non-hydrogen) atoms. The van der Waals surface area contributed by atoms with Gasteiger partial charge in [-0.25, -0.2) is 13.3 Å². The highest BCUT2D eigenvalue weighted by molar-refractivity contribution is 7.92. The monoisotopic (exact) mass is 557 g/mol. The summed E-state index contributed by atoms with van der Waals surface area (Å²) in [6.07, 6.45) is 0. The number of imide groups is 1. The molecule has 2 amide bonds. The Morgan fingerprint density at radius 2 is 1.44 bits per heavy atom. The van der Waals surface area contributed by atoms with Crippen molar-refractivity contribution >= 4 is 85.4 Å². The van der Waals surface area contributed by atoms with Crippen LogP contribution in [0.15, 0.2) is 70.2 Å². The largest absolute Gasteiger partial charge is 0.350 e. The second kappa shape index (κ2) is 9.40. The zero-order chi connectivity index (χ0) is 24.6. The van der Waals surface area contributed by atoms with Crippen molar-refractivity contribution in [3.8, 4) is 0 Å². The van der Waals surface area contributed by atoms with E-state index in [9.17, 15) is 18.0 Å². The molecular formula is C20H11Cl4N5O4S. The standard InChI is InChI=1S/C20H11Cl4N5O4S/c21-10-7-11(22)9-13(8-10)29-19(30)17(24)18(20(29)31)25-12-1-3-14(4-2-12)34(32,33)28-16-6-5-15(23)26-27-16/h1-9,25H,(H,27,28). The Morgan fingerprint density at radius 1 is 0.794 bits per heavy atom. The highest BCUT2D eigenvalue weighted by atomic mass is 35.5. The molecule has 1 aliphatic heterocycles. The Kier molecular flexibility index (Phi) is 6.70. The summed E-state index contributed by atoms with van der Waals surface area (Å²) in [5.74, 6) is -1.51. The number of carbonyl (C=O) groups excluding carboxylic acids is 2. The van der Waals surface area contributed by atoms with Gasteiger partial charge in [0.05, 0.1) is 10.6 Å². The third-order valence-electron chi connectivity index (χ3n) is 4.44. The summed E-state index contributed by atoms with van der Waals surface area (Å²) in [4.78, 5) is 26.2. The second-order valence-electron chi connectivity index (χ2n) is 6.76. The van der Waals surface area contributed by atoms with Gasteiger partial charge in [0.15, 0.2) is 11.0 Å². The second-order valence-corrected chi connectivity index (χ2v) is 10.1. The Labute approximate surface area is 213 Å². The van der Waals surface area contributed by atoms with Gasteiger partial charge in [-0.1, -0.05) is 46.4 Å². The average molecular weight is 559 g/mol. The van der Waals surface area contributed by atoms with Crippen LogP contribution in [0, 0.1) is 0 Å². The van der Waals surface area contributed by atoms with Gasteiger partial charge in [0.25, 0.3) is 21.8 Å². The van der Waals surface area contributed by atoms with Crippen molar-refractivity contribution in [2.45, 2.75) is 4.90 Å². The van der Waals surface area contributed by atoms with Gasteiger partial charge in [-0.15, -0.1) is 10.2 Å². The van der Waals surface area contributed by atoms with Crippen LogP contribution in [0.1, 0.15) is 0 Å². The fraction of sp³-hybridized carbons (Fsp3) is 0. The van der Waals surface area contributed by atoms with Crippen LogP contribution in [-0.2, 0) is 19.6 Å². The first-order valence-corrected chi connectivity index (χ1v) is 12.2. The maximum atomic E-state index is 12.9. The quantitative estimate of drug-likeness (QED) is 0.421. The summed E-state index contributed by atoms with van der Waals surface area (Å²) in [5.41, 5.74) is 0.277. The highest BCUT2D eigenvalue weighted by Gasteiger charge is 2.39. The number of sulfonamides is 1. The van der Waals surface area contributed by atoms with Crippen molar-refractivity contribution in [1.82, 2.24) is 10.2 Å². The molecule has 2 N–H and O–H groups in total. The van der Waals surface area contributed by atoms with E-state index in [-0.39, 0.29) is 42.3 Å². The van der Waals surface area contributed by atoms with Crippen LogP contribution in [0.3, 0.4) is 0 Å². The van der Waals surface area contributed by atoms with E-state index in [1.165, 1.54) is 54.6 Å². The zero-order valence-electron chi connectivity index (χ0n) is 16.6. The number of rotatable bonds is 6. The topological polar surface area (TPSA) is 121 Å². The Morgan fingerprint density at radius 3 is 2.03 bits per heavy atom. The van der Waals surface area contributed by atoms with Gasteiger partial charge >= 0.3 is 0 Å². The normalized spacial score (nSPS) is 14.1. The van der Waals surface area contributed by atoms with Crippen molar-refractivity contribution in [1.29, 1.82) is 0 Å². The lowest BCUT2D eigenvalue weighted by atomic mass is 10.3. The molecule has 9 nitrogen and oxygen atoms in total. The molecule has 0 saturated carbocycles. The Balaban J connectivity index is 1.53. The number of hydrogen-bond acceptors (Lipinski definition) is 7. The van der Waals surface area contributed by atoms with Crippen LogP contribution in [0.2, 0.25) is 15.2 Å². The van der Waals surface area contributed by atoms with Gasteiger partial charge in [-0.3, -0.25) is 14.3 Å². The first-order valence-electron chi connectivity index (χ1n) is 9.19. The van der Waals surface area contributed by atoms with Gasteiger partial charge in [0.2, 0.25) is 0 Å². The van der Waals surface area contributed by atoms with E-state index in [1.807, 2.05) is 0 Å². The van der Waals surface area contributed by atoms with Crippen LogP contribution in [0.4, 0.5) is 17.2 Å². The summed E-state index contributed by atoms with van der Waals surface area (Å²) >= 11 is 23.7. The van der Waals surface area contributed by atoms with E-state index in [0.717, 1.165) is 4.90 Å². The molecule has 2 heterocycles. The van der Waals surface area contributed by atoms with Crippen molar-refractivity contribution in [2.75, 3.05) is 14.9 Å². The molecule has 4 rings (SSSR count). The number of anilines is 3. The maximum Gasteiger partial charge on any atom is 0.283 e. The van der Waals surface area contributed by atoms with Crippen molar-refractivity contribution < 1.29 is 18.0 Å². The molecule has 14 heteroatoms. The van der Waals surface area contributed by atoms with Gasteiger partial charge in [-0.2, -0.15) is 0 Å². The van der Waals surface area contributed by atoms with Crippen LogP contribution in [0.5, 0.6) is 0 Å². The number of amides is 2. The van der Waals surface area contributed by atoms with Gasteiger partial charge in [0.1, 0.15) is 10.7 Å². The minimum absolute atomic E-state index is 0.0141. The minimum Gasteiger partial charge on any atom is -0.350 e. The van der Waals surface area contributed by atoms with Gasteiger partial charge < -0.3 is 5.32 Å². The third kappa shape index (κ3) is 4.96. The van der Waals surface area contributed by atoms with Crippen LogP contribution < -0.4 is 14.9 Å². The number of aromatic nitrogens is 2. The molecule has 0 spiro atoms. The molecule has 0 unspecified atom stereocenters. The summed E-state index contributed by atoms with van der Waals surface area (Å²) in [7, 11) is -3.97. The lowest BCUT2D eigenvalue weighted by Crippen LogP contribution is -2.32. The van der Waals surface area contributed by atoms with E-state index >= 15 is 0 Å². The number of nitrogens with one attached hydrogen (secondary N) is 2. The summed E-state index contributed by atoms with van der Waals surface area (Å²) < 4.78 is 27.4. The minimum atomic E-state index is -3.97. The first kappa shape index (κ1) is 24.2. The number of halogens is 4. The molecule has 1 aliphatic rings. The molecule has 0 atom stereocenters. The van der Waals surface area contributed by atoms with E-state index < -0.39 is 21.8 Å². The predicted molar refractivity (Wildman–Crippen MR) is 130 cm³/mol. The average Bonchev–Trinajstić information content (AvgIpc) is 2.98. The molecule has 0 fully saturated rings. The highest BCUT2D eigenvalue weighted by Crippen LogP contribution is 2.33. The molecule has 3 aromatic rings. The first-order chi connectivity index (χ1) is 16.0. The lowest BCUT2D eigenvalue weighted by molar-refractivity contribution is -0.120. The summed E-state index contributed by atoms with van der Waals surface area (Å²) in [6, 6.07) is 12.4. The van der Waals surface area contributed by atoms with Gasteiger partial charge in [0, 0.05) is 15.7 Å². The molecule has 0 bridgehead atoms. The van der Waals surface area contributed by atoms with Crippen molar-refractivity contribution in [3.05, 3.63) is 80.5 Å². The van der Waals surface area contributed by atoms with E-state index in [1.54, 1.807) is 0 Å². The Hall–Kier alpha value is -2.89. The molecule has 0 radical (unpaired) electrons. The maximum absolute atomic E-state index is 12.9. The smallest absolute Gasteiger partial charge is 0.283 e. The van der Waals surface area contributed by atoms with Crippen LogP contribution >= 0.6 is 46.4 Å². The third-order valence-corrected chi connectivity index (χ3v) is 6.80. The molecule has 0 aliphatic carbocycles. The zero-order valence-corrected chi connectivity index (χ0v) is 20.4. The fourth-order valence-corrected chi connectivity index (χ4v) is 4.77.